The lowest BCUT2D eigenvalue weighted by Gasteiger charge is -2.03. The van der Waals surface area contributed by atoms with Gasteiger partial charge in [0.1, 0.15) is 5.54 Å². The Balaban J connectivity index is 2.59. The van der Waals surface area contributed by atoms with Gasteiger partial charge in [-0.05, 0) is 12.8 Å². The Bertz CT molecular complexity index is 152. The summed E-state index contributed by atoms with van der Waals surface area (Å²) in [5.41, 5.74) is 1.47. The van der Waals surface area contributed by atoms with Gasteiger partial charge in [-0.2, -0.15) is 0 Å². The molecule has 0 aliphatic heterocycles. The van der Waals surface area contributed by atoms with Crippen molar-refractivity contribution in [3.8, 4) is 0 Å². The summed E-state index contributed by atoms with van der Waals surface area (Å²) in [4.78, 5) is 20.2. The monoisotopic (exact) mass is 129 g/mol. The first-order chi connectivity index (χ1) is 4.25. The third-order valence-corrected chi connectivity index (χ3v) is 1.52. The van der Waals surface area contributed by atoms with E-state index in [-0.39, 0.29) is 0 Å². The summed E-state index contributed by atoms with van der Waals surface area (Å²) >= 11 is 0. The van der Waals surface area contributed by atoms with Gasteiger partial charge in [0.25, 0.3) is 0 Å². The molecule has 0 aromatic rings. The van der Waals surface area contributed by atoms with Crippen LogP contribution >= 0.6 is 0 Å². The first-order valence-electron chi connectivity index (χ1n) is 2.61. The molecule has 0 bridgehead atoms. The van der Waals surface area contributed by atoms with E-state index in [1.165, 1.54) is 0 Å². The molecule has 9 heavy (non-hydrogen) atoms. The standard InChI is InChI=1S/C4H7N3O2/c5-7-4(1-2-4)3(8)6-9/h7H,1-2,5H2. The van der Waals surface area contributed by atoms with Crippen molar-refractivity contribution in [3.63, 3.8) is 0 Å². The van der Waals surface area contributed by atoms with E-state index in [0.717, 1.165) is 0 Å². The fraction of sp³-hybridized carbons (Fsp3) is 0.750. The molecule has 1 fully saturated rings. The quantitative estimate of drug-likeness (QED) is 0.292. The van der Waals surface area contributed by atoms with Crippen molar-refractivity contribution in [1.29, 1.82) is 0 Å². The molecule has 50 valence electrons. The Morgan fingerprint density at radius 2 is 2.22 bits per heavy atom. The van der Waals surface area contributed by atoms with Gasteiger partial charge < -0.3 is 0 Å². The first kappa shape index (κ1) is 6.31. The van der Waals surface area contributed by atoms with Gasteiger partial charge in [0.15, 0.2) is 0 Å². The maximum Gasteiger partial charge on any atom is 0.307 e. The summed E-state index contributed by atoms with van der Waals surface area (Å²) < 4.78 is 0. The van der Waals surface area contributed by atoms with E-state index in [1.54, 1.807) is 0 Å². The number of hydrazine groups is 1. The van der Waals surface area contributed by atoms with Crippen LogP contribution in [0.25, 0.3) is 0 Å². The molecule has 0 aromatic carbocycles. The molecule has 0 heterocycles. The van der Waals surface area contributed by atoms with Crippen molar-refractivity contribution in [1.82, 2.24) is 5.43 Å². The zero-order valence-electron chi connectivity index (χ0n) is 4.76. The number of carbonyl (C=O) groups excluding carboxylic acids is 1. The van der Waals surface area contributed by atoms with Gasteiger partial charge in [-0.25, -0.2) is 5.43 Å². The minimum absolute atomic E-state index is 0.619. The minimum atomic E-state index is -0.790. The molecule has 1 aliphatic rings. The average molecular weight is 129 g/mol. The van der Waals surface area contributed by atoms with Crippen LogP contribution in [-0.2, 0) is 4.79 Å². The Morgan fingerprint density at radius 1 is 1.67 bits per heavy atom. The lowest BCUT2D eigenvalue weighted by molar-refractivity contribution is -0.120. The molecule has 0 atom stereocenters. The second-order valence-corrected chi connectivity index (χ2v) is 2.12. The van der Waals surface area contributed by atoms with Crippen LogP contribution in [0.1, 0.15) is 12.8 Å². The zero-order valence-corrected chi connectivity index (χ0v) is 4.76. The summed E-state index contributed by atoms with van der Waals surface area (Å²) in [5, 5.41) is 2.26. The van der Waals surface area contributed by atoms with Gasteiger partial charge in [-0.1, -0.05) is 0 Å². The zero-order chi connectivity index (χ0) is 6.91. The predicted octanol–water partition coefficient (Wildman–Crippen LogP) is -0.725. The van der Waals surface area contributed by atoms with Crippen LogP contribution in [0.15, 0.2) is 5.18 Å². The normalized spacial score (nSPS) is 21.0. The van der Waals surface area contributed by atoms with E-state index in [2.05, 4.69) is 10.6 Å². The number of amides is 1. The van der Waals surface area contributed by atoms with E-state index in [4.69, 9.17) is 5.84 Å². The van der Waals surface area contributed by atoms with Gasteiger partial charge in [-0.15, -0.1) is 4.91 Å². The minimum Gasteiger partial charge on any atom is -0.270 e. The number of nitrogens with zero attached hydrogens (tertiary/aromatic N) is 1. The van der Waals surface area contributed by atoms with Crippen LogP contribution in [0.4, 0.5) is 0 Å². The molecule has 0 radical (unpaired) electrons. The van der Waals surface area contributed by atoms with E-state index in [9.17, 15) is 9.70 Å². The summed E-state index contributed by atoms with van der Waals surface area (Å²) in [7, 11) is 0. The smallest absolute Gasteiger partial charge is 0.270 e. The molecule has 1 aliphatic carbocycles. The molecule has 3 N–H and O–H groups in total. The summed E-state index contributed by atoms with van der Waals surface area (Å²) in [6, 6.07) is 0. The van der Waals surface area contributed by atoms with Gasteiger partial charge in [0, 0.05) is 5.18 Å². The molecule has 0 unspecified atom stereocenters. The lowest BCUT2D eigenvalue weighted by Crippen LogP contribution is -2.42. The van der Waals surface area contributed by atoms with Crippen molar-refractivity contribution in [2.45, 2.75) is 18.4 Å². The number of hydrogen-bond acceptors (Lipinski definition) is 4. The van der Waals surface area contributed by atoms with Crippen LogP contribution in [-0.4, -0.2) is 11.4 Å². The van der Waals surface area contributed by atoms with E-state index < -0.39 is 11.4 Å². The molecule has 0 aromatic heterocycles. The third-order valence-electron chi connectivity index (χ3n) is 1.52. The van der Waals surface area contributed by atoms with Crippen LogP contribution in [0, 0.1) is 4.91 Å². The second-order valence-electron chi connectivity index (χ2n) is 2.12. The highest BCUT2D eigenvalue weighted by molar-refractivity contribution is 5.89. The van der Waals surface area contributed by atoms with E-state index in [1.807, 2.05) is 0 Å². The van der Waals surface area contributed by atoms with Crippen LogP contribution in [0.5, 0.6) is 0 Å². The molecule has 5 nitrogen and oxygen atoms in total. The number of nitrogens with one attached hydrogen (secondary N) is 1. The van der Waals surface area contributed by atoms with Gasteiger partial charge in [-0.3, -0.25) is 10.6 Å². The molecular formula is C4H7N3O2. The first-order valence-corrected chi connectivity index (χ1v) is 2.61. The number of hydrogen-bond donors (Lipinski definition) is 2. The predicted molar refractivity (Wildman–Crippen MR) is 30.1 cm³/mol. The molecule has 1 amide bonds. The molecule has 1 saturated carbocycles. The van der Waals surface area contributed by atoms with E-state index >= 15 is 0 Å². The maximum absolute atomic E-state index is 10.5. The fourth-order valence-electron chi connectivity index (χ4n) is 0.632. The Hall–Kier alpha value is -0.810. The van der Waals surface area contributed by atoms with Crippen molar-refractivity contribution in [2.75, 3.05) is 0 Å². The highest BCUT2D eigenvalue weighted by Gasteiger charge is 2.50. The second kappa shape index (κ2) is 1.85. The van der Waals surface area contributed by atoms with Crippen LogP contribution < -0.4 is 11.3 Å². The van der Waals surface area contributed by atoms with Crippen molar-refractivity contribution in [3.05, 3.63) is 4.91 Å². The average Bonchev–Trinajstić information content (AvgIpc) is 2.66. The SMILES string of the molecule is NNC1(C(=O)N=O)CC1. The number of nitrogens with two attached hydrogens (primary N) is 1. The molecule has 5 heteroatoms. The Labute approximate surface area is 51.5 Å². The van der Waals surface area contributed by atoms with Gasteiger partial charge in [0.2, 0.25) is 0 Å². The van der Waals surface area contributed by atoms with Crippen LogP contribution in [0.2, 0.25) is 0 Å². The highest BCUT2D eigenvalue weighted by atomic mass is 16.3. The maximum atomic E-state index is 10.5. The fourth-order valence-corrected chi connectivity index (χ4v) is 0.632. The molecular weight excluding hydrogens is 122 g/mol. The Kier molecular flexibility index (Phi) is 1.30. The highest BCUT2D eigenvalue weighted by Crippen LogP contribution is 2.35. The van der Waals surface area contributed by atoms with Crippen molar-refractivity contribution >= 4 is 5.91 Å². The van der Waals surface area contributed by atoms with Crippen LogP contribution in [0.3, 0.4) is 0 Å². The topological polar surface area (TPSA) is 84.5 Å². The largest absolute Gasteiger partial charge is 0.307 e. The summed E-state index contributed by atoms with van der Waals surface area (Å²) in [6.07, 6.45) is 1.24. The van der Waals surface area contributed by atoms with Gasteiger partial charge >= 0.3 is 5.91 Å². The lowest BCUT2D eigenvalue weighted by atomic mass is 10.3. The summed E-state index contributed by atoms with van der Waals surface area (Å²) in [6.45, 7) is 0. The molecule has 0 spiro atoms. The number of nitroso groups, excluding NO2 is 1. The Morgan fingerprint density at radius 3 is 2.33 bits per heavy atom. The third kappa shape index (κ3) is 0.839. The molecule has 1 rings (SSSR count). The molecule has 0 saturated heterocycles. The van der Waals surface area contributed by atoms with Crippen molar-refractivity contribution in [2.24, 2.45) is 11.0 Å². The van der Waals surface area contributed by atoms with Crippen molar-refractivity contribution < 1.29 is 4.79 Å². The van der Waals surface area contributed by atoms with Gasteiger partial charge in [0.05, 0.1) is 0 Å². The van der Waals surface area contributed by atoms with E-state index in [0.29, 0.717) is 12.8 Å². The summed E-state index contributed by atoms with van der Waals surface area (Å²) in [5.74, 6) is 4.29. The number of rotatable bonds is 2. The number of carbonyl (C=O) groups is 1.